The van der Waals surface area contributed by atoms with Crippen molar-refractivity contribution in [3.63, 3.8) is 0 Å². The number of likely N-dealkylation sites (tertiary alicyclic amines) is 1. The quantitative estimate of drug-likeness (QED) is 0.712. The highest BCUT2D eigenvalue weighted by Gasteiger charge is 2.67. The molecule has 0 aliphatic carbocycles. The molecule has 2 amide bonds. The third-order valence-corrected chi connectivity index (χ3v) is 6.25. The molecule has 1 aromatic heterocycles. The van der Waals surface area contributed by atoms with E-state index in [0.29, 0.717) is 24.5 Å². The second-order valence-electron chi connectivity index (χ2n) is 7.96. The van der Waals surface area contributed by atoms with E-state index in [4.69, 9.17) is 9.26 Å². The van der Waals surface area contributed by atoms with E-state index in [2.05, 4.69) is 19.0 Å². The Labute approximate surface area is 159 Å². The molecule has 0 aromatic carbocycles. The molecule has 2 bridgehead atoms. The van der Waals surface area contributed by atoms with Gasteiger partial charge in [0.05, 0.1) is 31.0 Å². The van der Waals surface area contributed by atoms with Crippen LogP contribution >= 0.6 is 0 Å². The average molecular weight is 373 g/mol. The molecule has 0 N–H and O–H groups in total. The maximum atomic E-state index is 13.2. The van der Waals surface area contributed by atoms with Crippen LogP contribution in [0.1, 0.15) is 38.1 Å². The Hall–Kier alpha value is -2.15. The maximum absolute atomic E-state index is 13.2. The molecule has 0 radical (unpaired) electrons. The van der Waals surface area contributed by atoms with Crippen LogP contribution in [0.5, 0.6) is 0 Å². The lowest BCUT2D eigenvalue weighted by atomic mass is 9.76. The molecule has 4 rings (SSSR count). The van der Waals surface area contributed by atoms with Crippen molar-refractivity contribution in [2.75, 3.05) is 13.6 Å². The van der Waals surface area contributed by atoms with Crippen LogP contribution in [0.3, 0.4) is 0 Å². The van der Waals surface area contributed by atoms with Crippen molar-refractivity contribution in [1.82, 2.24) is 15.0 Å². The first-order valence-electron chi connectivity index (χ1n) is 9.75. The Morgan fingerprint density at radius 1 is 1.44 bits per heavy atom. The van der Waals surface area contributed by atoms with E-state index in [0.717, 1.165) is 12.8 Å². The minimum Gasteiger partial charge on any atom is -0.361 e. The Morgan fingerprint density at radius 2 is 2.19 bits per heavy atom. The summed E-state index contributed by atoms with van der Waals surface area (Å²) in [4.78, 5) is 30.0. The van der Waals surface area contributed by atoms with Gasteiger partial charge in [-0.05, 0) is 19.8 Å². The zero-order chi connectivity index (χ0) is 19.3. The number of hydrogen-bond donors (Lipinski definition) is 0. The van der Waals surface area contributed by atoms with Crippen LogP contribution in [0.4, 0.5) is 0 Å². The summed E-state index contributed by atoms with van der Waals surface area (Å²) in [5.41, 5.74) is 0.0600. The summed E-state index contributed by atoms with van der Waals surface area (Å²) in [6.07, 6.45) is 5.45. The fraction of sp³-hybridized carbons (Fsp3) is 0.650. The van der Waals surface area contributed by atoms with Crippen LogP contribution in [0.25, 0.3) is 0 Å². The summed E-state index contributed by atoms with van der Waals surface area (Å²) in [5.74, 6) is -0.207. The predicted octanol–water partition coefficient (Wildman–Crippen LogP) is 1.91. The second-order valence-corrected chi connectivity index (χ2v) is 7.96. The highest BCUT2D eigenvalue weighted by Crippen LogP contribution is 2.52. The molecule has 4 atom stereocenters. The summed E-state index contributed by atoms with van der Waals surface area (Å²) in [6.45, 7) is 6.91. The smallest absolute Gasteiger partial charge is 0.230 e. The number of amides is 2. The molecule has 27 heavy (non-hydrogen) atoms. The van der Waals surface area contributed by atoms with E-state index in [1.807, 2.05) is 30.0 Å². The molecule has 7 heteroatoms. The van der Waals surface area contributed by atoms with Crippen LogP contribution in [-0.2, 0) is 20.9 Å². The zero-order valence-electron chi connectivity index (χ0n) is 16.3. The van der Waals surface area contributed by atoms with Gasteiger partial charge in [0.2, 0.25) is 11.8 Å². The lowest BCUT2D eigenvalue weighted by molar-refractivity contribution is -0.143. The molecule has 3 aliphatic heterocycles. The molecular weight excluding hydrogens is 346 g/mol. The van der Waals surface area contributed by atoms with E-state index in [1.165, 1.54) is 0 Å². The number of ether oxygens (including phenoxy) is 1. The van der Waals surface area contributed by atoms with Gasteiger partial charge in [-0.15, -0.1) is 0 Å². The van der Waals surface area contributed by atoms with E-state index in [9.17, 15) is 9.59 Å². The molecule has 2 unspecified atom stereocenters. The molecule has 4 heterocycles. The van der Waals surface area contributed by atoms with Crippen molar-refractivity contribution in [2.45, 2.75) is 57.9 Å². The van der Waals surface area contributed by atoms with Crippen molar-refractivity contribution in [1.29, 1.82) is 0 Å². The molecule has 0 saturated carbocycles. The van der Waals surface area contributed by atoms with Crippen LogP contribution in [0, 0.1) is 18.8 Å². The highest BCUT2D eigenvalue weighted by atomic mass is 16.5. The topological polar surface area (TPSA) is 75.9 Å². The van der Waals surface area contributed by atoms with Crippen molar-refractivity contribution in [3.8, 4) is 0 Å². The first kappa shape index (κ1) is 18.2. The van der Waals surface area contributed by atoms with E-state index < -0.39 is 17.4 Å². The van der Waals surface area contributed by atoms with E-state index in [1.54, 1.807) is 11.9 Å². The van der Waals surface area contributed by atoms with Gasteiger partial charge >= 0.3 is 0 Å². The van der Waals surface area contributed by atoms with Gasteiger partial charge in [0.25, 0.3) is 0 Å². The zero-order valence-corrected chi connectivity index (χ0v) is 16.3. The first-order chi connectivity index (χ1) is 12.9. The maximum Gasteiger partial charge on any atom is 0.230 e. The van der Waals surface area contributed by atoms with Crippen molar-refractivity contribution in [3.05, 3.63) is 29.7 Å². The van der Waals surface area contributed by atoms with Gasteiger partial charge in [-0.3, -0.25) is 9.59 Å². The van der Waals surface area contributed by atoms with E-state index in [-0.39, 0.29) is 24.0 Å². The summed E-state index contributed by atoms with van der Waals surface area (Å²) in [5, 5.41) is 3.96. The number of fused-ring (bicyclic) bond motifs is 1. The minimum atomic E-state index is -0.643. The summed E-state index contributed by atoms with van der Waals surface area (Å²) in [6, 6.07) is 2.01. The van der Waals surface area contributed by atoms with Gasteiger partial charge < -0.3 is 19.1 Å². The predicted molar refractivity (Wildman–Crippen MR) is 97.5 cm³/mol. The van der Waals surface area contributed by atoms with Gasteiger partial charge in [0.15, 0.2) is 0 Å². The van der Waals surface area contributed by atoms with Crippen LogP contribution in [-0.4, -0.2) is 58.1 Å². The molecule has 2 fully saturated rings. The summed E-state index contributed by atoms with van der Waals surface area (Å²) < 4.78 is 11.3. The number of rotatable bonds is 6. The van der Waals surface area contributed by atoms with Gasteiger partial charge in [-0.25, -0.2) is 0 Å². The molecule has 2 saturated heterocycles. The lowest BCUT2D eigenvalue weighted by Gasteiger charge is -2.29. The Bertz CT molecular complexity index is 784. The number of nitrogens with zero attached hydrogens (tertiary/aromatic N) is 3. The highest BCUT2D eigenvalue weighted by molar-refractivity contribution is 5.93. The van der Waals surface area contributed by atoms with Crippen LogP contribution in [0.15, 0.2) is 22.7 Å². The standard InChI is InChI=1S/C20H27N3O4/c1-5-14(6-2)23-11-20-8-7-15(26-20)16(17(20)19(23)25)18(24)22(4)10-13-9-12(3)27-21-13/h7-9,14-17H,5-6,10-11H2,1-4H3/t15-,16?,17?,20-/m0/s1. The average Bonchev–Trinajstić information content (AvgIpc) is 3.38. The Morgan fingerprint density at radius 3 is 2.81 bits per heavy atom. The monoisotopic (exact) mass is 373 g/mol. The fourth-order valence-electron chi connectivity index (χ4n) is 4.92. The Balaban J connectivity index is 1.56. The normalized spacial score (nSPS) is 31.2. The molecule has 1 spiro atoms. The van der Waals surface area contributed by atoms with Crippen molar-refractivity contribution >= 4 is 11.8 Å². The van der Waals surface area contributed by atoms with Gasteiger partial charge in [0.1, 0.15) is 17.1 Å². The SMILES string of the molecule is CCC(CC)N1C[C@]23C=C[C@H](O2)C(C(=O)N(C)Cc2cc(C)on2)C3C1=O. The number of carbonyl (C=O) groups is 2. The van der Waals surface area contributed by atoms with Crippen molar-refractivity contribution < 1.29 is 18.8 Å². The number of aryl methyl sites for hydroxylation is 1. The van der Waals surface area contributed by atoms with Gasteiger partial charge in [0, 0.05) is 19.2 Å². The number of carbonyl (C=O) groups excluding carboxylic acids is 2. The third kappa shape index (κ3) is 2.71. The lowest BCUT2D eigenvalue weighted by Crippen LogP contribution is -2.45. The van der Waals surface area contributed by atoms with E-state index >= 15 is 0 Å². The number of hydrogen-bond acceptors (Lipinski definition) is 5. The third-order valence-electron chi connectivity index (χ3n) is 6.25. The number of aromatic nitrogens is 1. The molecule has 146 valence electrons. The second kappa shape index (κ2) is 6.48. The van der Waals surface area contributed by atoms with Gasteiger partial charge in [-0.1, -0.05) is 31.2 Å². The summed E-state index contributed by atoms with van der Waals surface area (Å²) in [7, 11) is 1.74. The van der Waals surface area contributed by atoms with Crippen LogP contribution in [0.2, 0.25) is 0 Å². The van der Waals surface area contributed by atoms with Crippen molar-refractivity contribution in [2.24, 2.45) is 11.8 Å². The Kier molecular flexibility index (Phi) is 4.37. The fourth-order valence-corrected chi connectivity index (χ4v) is 4.92. The molecular formula is C20H27N3O4. The van der Waals surface area contributed by atoms with Crippen LogP contribution < -0.4 is 0 Å². The summed E-state index contributed by atoms with van der Waals surface area (Å²) >= 11 is 0. The van der Waals surface area contributed by atoms with Gasteiger partial charge in [-0.2, -0.15) is 0 Å². The molecule has 7 nitrogen and oxygen atoms in total. The largest absolute Gasteiger partial charge is 0.361 e. The molecule has 1 aromatic rings. The minimum absolute atomic E-state index is 0.0552. The first-order valence-corrected chi connectivity index (χ1v) is 9.75. The molecule has 3 aliphatic rings.